The van der Waals surface area contributed by atoms with E-state index in [0.717, 1.165) is 33.8 Å². The first-order valence-electron chi connectivity index (χ1n) is 4.99. The number of hydrogen-bond donors (Lipinski definition) is 1. The normalized spacial score (nSPS) is 10.4. The lowest BCUT2D eigenvalue weighted by Crippen LogP contribution is -2.05. The number of anilines is 1. The van der Waals surface area contributed by atoms with E-state index < -0.39 is 0 Å². The van der Waals surface area contributed by atoms with E-state index in [1.165, 1.54) is 0 Å². The van der Waals surface area contributed by atoms with Crippen molar-refractivity contribution in [2.75, 3.05) is 11.9 Å². The van der Waals surface area contributed by atoms with E-state index >= 15 is 0 Å². The molecular weight excluding hydrogens is 286 g/mol. The minimum Gasteiger partial charge on any atom is -0.383 e. The zero-order chi connectivity index (χ0) is 11.4. The number of rotatable bonds is 4. The van der Waals surface area contributed by atoms with Gasteiger partial charge in [0.15, 0.2) is 0 Å². The number of halogens is 1. The molecule has 2 aromatic rings. The summed E-state index contributed by atoms with van der Waals surface area (Å²) >= 11 is 5.08. The maximum Gasteiger partial charge on any atom is 0.0897 e. The van der Waals surface area contributed by atoms with Crippen molar-refractivity contribution in [3.05, 3.63) is 39.0 Å². The highest BCUT2D eigenvalue weighted by atomic mass is 79.9. The highest BCUT2D eigenvalue weighted by Crippen LogP contribution is 2.14. The molecule has 0 aliphatic carbocycles. The molecule has 0 atom stereocenters. The SMILES string of the molecule is Cc1nc(CCNc2cncc(Br)c2)cs1. The summed E-state index contributed by atoms with van der Waals surface area (Å²) in [4.78, 5) is 8.50. The molecule has 16 heavy (non-hydrogen) atoms. The highest BCUT2D eigenvalue weighted by Gasteiger charge is 1.98. The van der Waals surface area contributed by atoms with Crippen molar-refractivity contribution in [2.24, 2.45) is 0 Å². The Morgan fingerprint density at radius 2 is 2.31 bits per heavy atom. The van der Waals surface area contributed by atoms with Crippen molar-refractivity contribution in [1.29, 1.82) is 0 Å². The molecule has 0 spiro atoms. The molecule has 84 valence electrons. The molecule has 0 unspecified atom stereocenters. The molecule has 1 N–H and O–H groups in total. The molecule has 2 heterocycles. The Morgan fingerprint density at radius 1 is 1.44 bits per heavy atom. The van der Waals surface area contributed by atoms with E-state index in [9.17, 15) is 0 Å². The summed E-state index contributed by atoms with van der Waals surface area (Å²) in [5.74, 6) is 0. The van der Waals surface area contributed by atoms with Crippen LogP contribution in [0.25, 0.3) is 0 Å². The second-order valence-corrected chi connectivity index (χ2v) is 5.40. The molecule has 0 aromatic carbocycles. The number of nitrogens with zero attached hydrogens (tertiary/aromatic N) is 2. The van der Waals surface area contributed by atoms with Crippen molar-refractivity contribution in [3.63, 3.8) is 0 Å². The molecule has 0 saturated heterocycles. The van der Waals surface area contributed by atoms with Gasteiger partial charge in [0.25, 0.3) is 0 Å². The number of thiazole rings is 1. The summed E-state index contributed by atoms with van der Waals surface area (Å²) in [6.07, 6.45) is 4.53. The predicted octanol–water partition coefficient (Wildman–Crippen LogP) is 3.26. The Morgan fingerprint density at radius 3 is 3.00 bits per heavy atom. The smallest absolute Gasteiger partial charge is 0.0897 e. The summed E-state index contributed by atoms with van der Waals surface area (Å²) in [6, 6.07) is 2.01. The van der Waals surface area contributed by atoms with Gasteiger partial charge >= 0.3 is 0 Å². The molecule has 2 rings (SSSR count). The maximum absolute atomic E-state index is 4.41. The number of pyridine rings is 1. The molecule has 0 aliphatic rings. The van der Waals surface area contributed by atoms with Crippen LogP contribution in [0.3, 0.4) is 0 Å². The summed E-state index contributed by atoms with van der Waals surface area (Å²) in [5, 5.41) is 6.55. The third-order valence-corrected chi connectivity index (χ3v) is 3.34. The van der Waals surface area contributed by atoms with Crippen LogP contribution < -0.4 is 5.32 Å². The van der Waals surface area contributed by atoms with E-state index in [2.05, 4.69) is 36.6 Å². The summed E-state index contributed by atoms with van der Waals surface area (Å²) in [7, 11) is 0. The molecule has 3 nitrogen and oxygen atoms in total. The van der Waals surface area contributed by atoms with Gasteiger partial charge in [-0.05, 0) is 28.9 Å². The lowest BCUT2D eigenvalue weighted by molar-refractivity contribution is 0.966. The quantitative estimate of drug-likeness (QED) is 0.941. The predicted molar refractivity (Wildman–Crippen MR) is 71.0 cm³/mol. The Bertz CT molecular complexity index is 470. The van der Waals surface area contributed by atoms with E-state index in [1.54, 1.807) is 17.5 Å². The number of aromatic nitrogens is 2. The lowest BCUT2D eigenvalue weighted by atomic mass is 10.3. The van der Waals surface area contributed by atoms with Gasteiger partial charge in [0, 0.05) is 29.0 Å². The fraction of sp³-hybridized carbons (Fsp3) is 0.273. The zero-order valence-electron chi connectivity index (χ0n) is 8.90. The fourth-order valence-electron chi connectivity index (χ4n) is 1.37. The molecule has 0 amide bonds. The van der Waals surface area contributed by atoms with Crippen molar-refractivity contribution < 1.29 is 0 Å². The molecule has 2 aromatic heterocycles. The van der Waals surface area contributed by atoms with E-state index in [0.29, 0.717) is 0 Å². The van der Waals surface area contributed by atoms with E-state index in [-0.39, 0.29) is 0 Å². The minimum atomic E-state index is 0.876. The second-order valence-electron chi connectivity index (χ2n) is 3.43. The average molecular weight is 298 g/mol. The summed E-state index contributed by atoms with van der Waals surface area (Å²) in [5.41, 5.74) is 2.18. The number of aryl methyl sites for hydroxylation is 1. The van der Waals surface area contributed by atoms with Crippen LogP contribution >= 0.6 is 27.3 Å². The molecule has 5 heteroatoms. The first kappa shape index (κ1) is 11.5. The van der Waals surface area contributed by atoms with Crippen LogP contribution in [-0.2, 0) is 6.42 Å². The Kier molecular flexibility index (Phi) is 3.90. The van der Waals surface area contributed by atoms with Gasteiger partial charge in [-0.15, -0.1) is 11.3 Å². The summed E-state index contributed by atoms with van der Waals surface area (Å²) < 4.78 is 0.988. The second kappa shape index (κ2) is 5.41. The topological polar surface area (TPSA) is 37.8 Å². The number of hydrogen-bond acceptors (Lipinski definition) is 4. The molecule has 0 aliphatic heterocycles. The van der Waals surface area contributed by atoms with E-state index in [1.807, 2.05) is 19.2 Å². The van der Waals surface area contributed by atoms with Gasteiger partial charge < -0.3 is 5.32 Å². The highest BCUT2D eigenvalue weighted by molar-refractivity contribution is 9.10. The first-order valence-corrected chi connectivity index (χ1v) is 6.67. The molecule has 0 radical (unpaired) electrons. The third-order valence-electron chi connectivity index (χ3n) is 2.08. The van der Waals surface area contributed by atoms with Crippen LogP contribution in [0.5, 0.6) is 0 Å². The molecule has 0 bridgehead atoms. The van der Waals surface area contributed by atoms with Crippen molar-refractivity contribution in [3.8, 4) is 0 Å². The summed E-state index contributed by atoms with van der Waals surface area (Å²) in [6.45, 7) is 2.90. The van der Waals surface area contributed by atoms with Crippen molar-refractivity contribution in [1.82, 2.24) is 9.97 Å². The van der Waals surface area contributed by atoms with Crippen LogP contribution in [-0.4, -0.2) is 16.5 Å². The van der Waals surface area contributed by atoms with Gasteiger partial charge in [0.2, 0.25) is 0 Å². The van der Waals surface area contributed by atoms with Gasteiger partial charge in [-0.2, -0.15) is 0 Å². The average Bonchev–Trinajstić information content (AvgIpc) is 2.64. The van der Waals surface area contributed by atoms with Crippen LogP contribution in [0.4, 0.5) is 5.69 Å². The fourth-order valence-corrected chi connectivity index (χ4v) is 2.38. The van der Waals surface area contributed by atoms with Crippen molar-refractivity contribution in [2.45, 2.75) is 13.3 Å². The first-order chi connectivity index (χ1) is 7.74. The van der Waals surface area contributed by atoms with Gasteiger partial charge in [0.1, 0.15) is 0 Å². The Hall–Kier alpha value is -0.940. The monoisotopic (exact) mass is 297 g/mol. The van der Waals surface area contributed by atoms with Gasteiger partial charge in [0.05, 0.1) is 22.6 Å². The third kappa shape index (κ3) is 3.28. The maximum atomic E-state index is 4.41. The van der Waals surface area contributed by atoms with Crippen LogP contribution in [0.1, 0.15) is 10.7 Å². The molecular formula is C11H12BrN3S. The largest absolute Gasteiger partial charge is 0.383 e. The van der Waals surface area contributed by atoms with Gasteiger partial charge in [-0.25, -0.2) is 4.98 Å². The van der Waals surface area contributed by atoms with Crippen LogP contribution in [0, 0.1) is 6.92 Å². The Labute approximate surface area is 107 Å². The molecule has 0 saturated carbocycles. The van der Waals surface area contributed by atoms with Crippen LogP contribution in [0.15, 0.2) is 28.3 Å². The number of nitrogens with one attached hydrogen (secondary N) is 1. The van der Waals surface area contributed by atoms with Gasteiger partial charge in [-0.3, -0.25) is 4.98 Å². The van der Waals surface area contributed by atoms with Crippen molar-refractivity contribution >= 4 is 33.0 Å². The minimum absolute atomic E-state index is 0.876. The van der Waals surface area contributed by atoms with E-state index in [4.69, 9.17) is 0 Å². The zero-order valence-corrected chi connectivity index (χ0v) is 11.3. The Balaban J connectivity index is 1.84. The van der Waals surface area contributed by atoms with Gasteiger partial charge in [-0.1, -0.05) is 0 Å². The van der Waals surface area contributed by atoms with Crippen LogP contribution in [0.2, 0.25) is 0 Å². The standard InChI is InChI=1S/C11H12BrN3S/c1-8-15-10(7-16-8)2-3-14-11-4-9(12)5-13-6-11/h4-7,14H,2-3H2,1H3. The molecule has 0 fully saturated rings. The lowest BCUT2D eigenvalue weighted by Gasteiger charge is -2.04.